The normalized spacial score (nSPS) is 22.3. The van der Waals surface area contributed by atoms with Crippen LogP contribution in [0.3, 0.4) is 0 Å². The van der Waals surface area contributed by atoms with Gasteiger partial charge in [0.2, 0.25) is 0 Å². The van der Waals surface area contributed by atoms with Crippen LogP contribution in [-0.2, 0) is 6.54 Å². The van der Waals surface area contributed by atoms with E-state index in [0.29, 0.717) is 12.3 Å². The van der Waals surface area contributed by atoms with Crippen molar-refractivity contribution in [2.75, 3.05) is 13.2 Å². The average molecular weight is 237 g/mol. The van der Waals surface area contributed by atoms with Gasteiger partial charge >= 0.3 is 0 Å². The number of hydrogen-bond donors (Lipinski definition) is 1. The summed E-state index contributed by atoms with van der Waals surface area (Å²) in [6, 6.07) is 3.75. The Morgan fingerprint density at radius 3 is 3.00 bits per heavy atom. The standard InChI is InChI=1S/C13H19NO3/c15-9-11-4-2-1-3-7-14(11)8-12-5-6-13(10-16)17-12/h5-6,10-11,15H,1-4,7-9H2. The van der Waals surface area contributed by atoms with E-state index >= 15 is 0 Å². The number of carbonyl (C=O) groups excluding carboxylic acids is 1. The topological polar surface area (TPSA) is 53.7 Å². The molecule has 1 saturated heterocycles. The van der Waals surface area contributed by atoms with Crippen molar-refractivity contribution in [2.45, 2.75) is 38.3 Å². The predicted octanol–water partition coefficient (Wildman–Crippen LogP) is 1.83. The minimum atomic E-state index is 0.196. The third-order valence-electron chi connectivity index (χ3n) is 3.37. The van der Waals surface area contributed by atoms with E-state index in [1.165, 1.54) is 12.8 Å². The number of likely N-dealkylation sites (tertiary alicyclic amines) is 1. The maximum Gasteiger partial charge on any atom is 0.185 e. The van der Waals surface area contributed by atoms with Crippen LogP contribution < -0.4 is 0 Å². The smallest absolute Gasteiger partial charge is 0.185 e. The summed E-state index contributed by atoms with van der Waals surface area (Å²) in [5, 5.41) is 9.39. The van der Waals surface area contributed by atoms with Gasteiger partial charge in [-0.25, -0.2) is 0 Å². The highest BCUT2D eigenvalue weighted by molar-refractivity contribution is 5.70. The molecule has 1 atom stereocenters. The first-order valence-electron chi connectivity index (χ1n) is 6.22. The molecule has 0 spiro atoms. The Balaban J connectivity index is 2.01. The maximum atomic E-state index is 10.5. The van der Waals surface area contributed by atoms with E-state index in [4.69, 9.17) is 4.42 Å². The maximum absolute atomic E-state index is 10.5. The first-order chi connectivity index (χ1) is 8.33. The molecule has 1 unspecified atom stereocenters. The van der Waals surface area contributed by atoms with Gasteiger partial charge in [-0.1, -0.05) is 12.8 Å². The molecular weight excluding hydrogens is 218 g/mol. The quantitative estimate of drug-likeness (QED) is 0.812. The molecule has 1 fully saturated rings. The molecular formula is C13H19NO3. The molecule has 0 aliphatic carbocycles. The number of aliphatic hydroxyl groups is 1. The SMILES string of the molecule is O=Cc1ccc(CN2CCCCCC2CO)o1. The number of rotatable bonds is 4. The molecule has 0 amide bonds. The summed E-state index contributed by atoms with van der Waals surface area (Å²) in [5.74, 6) is 1.17. The van der Waals surface area contributed by atoms with Crippen LogP contribution in [0.15, 0.2) is 16.5 Å². The lowest BCUT2D eigenvalue weighted by Gasteiger charge is -2.27. The zero-order chi connectivity index (χ0) is 12.1. The summed E-state index contributed by atoms with van der Waals surface area (Å²) >= 11 is 0. The largest absolute Gasteiger partial charge is 0.457 e. The van der Waals surface area contributed by atoms with Gasteiger partial charge in [0.1, 0.15) is 5.76 Å². The van der Waals surface area contributed by atoms with Crippen molar-refractivity contribution < 1.29 is 14.3 Å². The Morgan fingerprint density at radius 2 is 2.29 bits per heavy atom. The zero-order valence-corrected chi connectivity index (χ0v) is 9.97. The molecule has 0 bridgehead atoms. The molecule has 0 aromatic carbocycles. The van der Waals surface area contributed by atoms with Crippen LogP contribution in [0.2, 0.25) is 0 Å². The van der Waals surface area contributed by atoms with Crippen molar-refractivity contribution in [2.24, 2.45) is 0 Å². The minimum absolute atomic E-state index is 0.196. The predicted molar refractivity (Wildman–Crippen MR) is 63.8 cm³/mol. The highest BCUT2D eigenvalue weighted by Gasteiger charge is 2.21. The molecule has 1 N–H and O–H groups in total. The van der Waals surface area contributed by atoms with Gasteiger partial charge in [0, 0.05) is 6.04 Å². The van der Waals surface area contributed by atoms with E-state index in [1.807, 2.05) is 6.07 Å². The van der Waals surface area contributed by atoms with Crippen molar-refractivity contribution in [3.63, 3.8) is 0 Å². The third-order valence-corrected chi connectivity index (χ3v) is 3.37. The van der Waals surface area contributed by atoms with E-state index in [-0.39, 0.29) is 12.6 Å². The summed E-state index contributed by atoms with van der Waals surface area (Å²) in [6.45, 7) is 1.86. The minimum Gasteiger partial charge on any atom is -0.457 e. The van der Waals surface area contributed by atoms with Gasteiger partial charge in [0.25, 0.3) is 0 Å². The van der Waals surface area contributed by atoms with E-state index < -0.39 is 0 Å². The Hall–Kier alpha value is -1.13. The average Bonchev–Trinajstić information content (AvgIpc) is 2.68. The highest BCUT2D eigenvalue weighted by atomic mass is 16.3. The summed E-state index contributed by atoms with van der Waals surface area (Å²) in [6.07, 6.45) is 5.33. The zero-order valence-electron chi connectivity index (χ0n) is 9.97. The van der Waals surface area contributed by atoms with Crippen LogP contribution in [0.25, 0.3) is 0 Å². The molecule has 4 heteroatoms. The van der Waals surface area contributed by atoms with E-state index in [0.717, 1.165) is 31.4 Å². The number of aliphatic hydroxyl groups excluding tert-OH is 1. The van der Waals surface area contributed by atoms with Gasteiger partial charge in [-0.2, -0.15) is 0 Å². The van der Waals surface area contributed by atoms with Gasteiger partial charge in [-0.05, 0) is 31.5 Å². The second kappa shape index (κ2) is 5.98. The fourth-order valence-corrected chi connectivity index (χ4v) is 2.39. The van der Waals surface area contributed by atoms with Crippen molar-refractivity contribution in [3.05, 3.63) is 23.7 Å². The molecule has 94 valence electrons. The lowest BCUT2D eigenvalue weighted by Crippen LogP contribution is -2.36. The van der Waals surface area contributed by atoms with Crippen LogP contribution in [0.5, 0.6) is 0 Å². The van der Waals surface area contributed by atoms with Gasteiger partial charge < -0.3 is 9.52 Å². The number of aldehydes is 1. The number of hydrogen-bond acceptors (Lipinski definition) is 4. The van der Waals surface area contributed by atoms with Crippen molar-refractivity contribution in [3.8, 4) is 0 Å². The highest BCUT2D eigenvalue weighted by Crippen LogP contribution is 2.19. The van der Waals surface area contributed by atoms with E-state index in [1.54, 1.807) is 6.07 Å². The molecule has 1 aliphatic heterocycles. The third kappa shape index (κ3) is 3.17. The van der Waals surface area contributed by atoms with Gasteiger partial charge in [0.15, 0.2) is 12.0 Å². The van der Waals surface area contributed by atoms with Crippen LogP contribution in [-0.4, -0.2) is 35.5 Å². The molecule has 17 heavy (non-hydrogen) atoms. The molecule has 2 heterocycles. The van der Waals surface area contributed by atoms with Crippen LogP contribution in [0.4, 0.5) is 0 Å². The molecule has 4 nitrogen and oxygen atoms in total. The summed E-state index contributed by atoms with van der Waals surface area (Å²) in [4.78, 5) is 12.8. The first-order valence-corrected chi connectivity index (χ1v) is 6.22. The van der Waals surface area contributed by atoms with E-state index in [2.05, 4.69) is 4.90 Å². The van der Waals surface area contributed by atoms with Crippen LogP contribution in [0, 0.1) is 0 Å². The van der Waals surface area contributed by atoms with Crippen LogP contribution >= 0.6 is 0 Å². The lowest BCUT2D eigenvalue weighted by molar-refractivity contribution is 0.106. The van der Waals surface area contributed by atoms with Crippen LogP contribution in [0.1, 0.15) is 42.0 Å². The Morgan fingerprint density at radius 1 is 1.41 bits per heavy atom. The Kier molecular flexibility index (Phi) is 4.34. The second-order valence-electron chi connectivity index (χ2n) is 4.58. The summed E-state index contributed by atoms with van der Waals surface area (Å²) in [5.41, 5.74) is 0. The number of carbonyl (C=O) groups is 1. The second-order valence-corrected chi connectivity index (χ2v) is 4.58. The van der Waals surface area contributed by atoms with Crippen molar-refractivity contribution >= 4 is 6.29 Å². The van der Waals surface area contributed by atoms with Gasteiger partial charge in [0.05, 0.1) is 13.2 Å². The van der Waals surface area contributed by atoms with Crippen molar-refractivity contribution in [1.29, 1.82) is 0 Å². The van der Waals surface area contributed by atoms with Gasteiger partial charge in [-0.15, -0.1) is 0 Å². The van der Waals surface area contributed by atoms with E-state index in [9.17, 15) is 9.90 Å². The fraction of sp³-hybridized carbons (Fsp3) is 0.615. The first kappa shape index (κ1) is 12.3. The number of nitrogens with zero attached hydrogens (tertiary/aromatic N) is 1. The molecule has 1 aliphatic rings. The lowest BCUT2D eigenvalue weighted by atomic mass is 10.1. The Labute approximate surface area is 101 Å². The number of furan rings is 1. The molecule has 1 aromatic rings. The summed E-state index contributed by atoms with van der Waals surface area (Å²) < 4.78 is 5.38. The molecule has 0 saturated carbocycles. The Bertz CT molecular complexity index is 361. The summed E-state index contributed by atoms with van der Waals surface area (Å²) in [7, 11) is 0. The fourth-order valence-electron chi connectivity index (χ4n) is 2.39. The van der Waals surface area contributed by atoms with Gasteiger partial charge in [-0.3, -0.25) is 9.69 Å². The monoisotopic (exact) mass is 237 g/mol. The molecule has 0 radical (unpaired) electrons. The molecule has 2 rings (SSSR count). The van der Waals surface area contributed by atoms with Crippen molar-refractivity contribution in [1.82, 2.24) is 4.90 Å². The molecule has 1 aromatic heterocycles.